The van der Waals surface area contributed by atoms with Crippen molar-refractivity contribution in [2.24, 2.45) is 0 Å². The molecule has 3 rings (SSSR count). The smallest absolute Gasteiger partial charge is 0.410 e. The highest BCUT2D eigenvalue weighted by atomic mass is 16.6. The molecule has 1 aromatic rings. The van der Waals surface area contributed by atoms with Crippen molar-refractivity contribution in [1.82, 2.24) is 4.90 Å². The lowest BCUT2D eigenvalue weighted by Crippen LogP contribution is -2.39. The van der Waals surface area contributed by atoms with Gasteiger partial charge in [-0.3, -0.25) is 0 Å². The van der Waals surface area contributed by atoms with Crippen LogP contribution in [0.5, 0.6) is 0 Å². The first-order valence-corrected chi connectivity index (χ1v) is 5.94. The van der Waals surface area contributed by atoms with Crippen LogP contribution in [0.4, 0.5) is 4.79 Å². The van der Waals surface area contributed by atoms with Gasteiger partial charge in [0, 0.05) is 6.54 Å². The number of rotatable bonds is 2. The minimum Gasteiger partial charge on any atom is -0.445 e. The Balaban J connectivity index is 1.50. The fourth-order valence-corrected chi connectivity index (χ4v) is 2.16. The van der Waals surface area contributed by atoms with E-state index < -0.39 is 0 Å². The topological polar surface area (TPSA) is 42.1 Å². The van der Waals surface area contributed by atoms with E-state index in [0.29, 0.717) is 19.3 Å². The van der Waals surface area contributed by atoms with Crippen LogP contribution in [0.2, 0.25) is 0 Å². The van der Waals surface area contributed by atoms with Crippen LogP contribution in [0.15, 0.2) is 30.3 Å². The molecule has 4 heteroatoms. The summed E-state index contributed by atoms with van der Waals surface area (Å²) < 4.78 is 10.6. The number of hydrogen-bond acceptors (Lipinski definition) is 3. The van der Waals surface area contributed by atoms with Crippen LogP contribution in [-0.4, -0.2) is 36.3 Å². The monoisotopic (exact) mass is 233 g/mol. The highest BCUT2D eigenvalue weighted by Gasteiger charge is 2.44. The molecule has 0 bridgehead atoms. The summed E-state index contributed by atoms with van der Waals surface area (Å²) in [7, 11) is 0. The van der Waals surface area contributed by atoms with E-state index in [0.717, 1.165) is 18.5 Å². The number of piperidine rings is 1. The standard InChI is InChI=1S/C13H15NO3/c15-13(14-7-6-11-12(8-14)17-11)16-9-10-4-2-1-3-5-10/h1-5,11-12H,6-9H2/t11-,12-/m1/s1. The van der Waals surface area contributed by atoms with Crippen LogP contribution >= 0.6 is 0 Å². The number of epoxide rings is 1. The molecule has 0 aliphatic carbocycles. The lowest BCUT2D eigenvalue weighted by molar-refractivity contribution is 0.0921. The maximum Gasteiger partial charge on any atom is 0.410 e. The average Bonchev–Trinajstić information content (AvgIpc) is 3.15. The Hall–Kier alpha value is -1.55. The van der Waals surface area contributed by atoms with Crippen molar-refractivity contribution in [1.29, 1.82) is 0 Å². The molecule has 0 N–H and O–H groups in total. The van der Waals surface area contributed by atoms with Gasteiger partial charge in [-0.2, -0.15) is 0 Å². The van der Waals surface area contributed by atoms with Crippen LogP contribution in [0.25, 0.3) is 0 Å². The van der Waals surface area contributed by atoms with Crippen LogP contribution in [0, 0.1) is 0 Å². The van der Waals surface area contributed by atoms with Gasteiger partial charge >= 0.3 is 6.09 Å². The third-order valence-corrected chi connectivity index (χ3v) is 3.23. The lowest BCUT2D eigenvalue weighted by Gasteiger charge is -2.23. The Kier molecular flexibility index (Phi) is 2.73. The maximum absolute atomic E-state index is 11.8. The fourth-order valence-electron chi connectivity index (χ4n) is 2.16. The molecule has 0 saturated carbocycles. The number of amides is 1. The predicted molar refractivity (Wildman–Crippen MR) is 61.5 cm³/mol. The summed E-state index contributed by atoms with van der Waals surface area (Å²) in [5.74, 6) is 0. The quantitative estimate of drug-likeness (QED) is 0.731. The number of carbonyl (C=O) groups is 1. The van der Waals surface area contributed by atoms with Crippen molar-refractivity contribution in [3.8, 4) is 0 Å². The van der Waals surface area contributed by atoms with E-state index in [-0.39, 0.29) is 12.2 Å². The van der Waals surface area contributed by atoms with Gasteiger partial charge in [0.05, 0.1) is 12.6 Å². The Morgan fingerprint density at radius 1 is 1.35 bits per heavy atom. The number of likely N-dealkylation sites (tertiary alicyclic amines) is 1. The van der Waals surface area contributed by atoms with E-state index in [1.54, 1.807) is 4.90 Å². The maximum atomic E-state index is 11.8. The zero-order chi connectivity index (χ0) is 11.7. The minimum atomic E-state index is -0.234. The van der Waals surface area contributed by atoms with Crippen molar-refractivity contribution in [3.63, 3.8) is 0 Å². The summed E-state index contributed by atoms with van der Waals surface area (Å²) in [6.45, 7) is 1.76. The molecule has 2 aliphatic rings. The van der Waals surface area contributed by atoms with Gasteiger partial charge in [-0.1, -0.05) is 30.3 Å². The Morgan fingerprint density at radius 3 is 2.94 bits per heavy atom. The molecule has 2 saturated heterocycles. The highest BCUT2D eigenvalue weighted by Crippen LogP contribution is 2.30. The first-order chi connectivity index (χ1) is 8.33. The number of hydrogen-bond donors (Lipinski definition) is 0. The number of carbonyl (C=O) groups excluding carboxylic acids is 1. The molecule has 0 spiro atoms. The van der Waals surface area contributed by atoms with Gasteiger partial charge in [0.2, 0.25) is 0 Å². The van der Waals surface area contributed by atoms with Gasteiger partial charge in [0.1, 0.15) is 12.7 Å². The van der Waals surface area contributed by atoms with Gasteiger partial charge in [-0.15, -0.1) is 0 Å². The number of nitrogens with zero attached hydrogens (tertiary/aromatic N) is 1. The van der Waals surface area contributed by atoms with Crippen LogP contribution in [0.1, 0.15) is 12.0 Å². The zero-order valence-electron chi connectivity index (χ0n) is 9.54. The first-order valence-electron chi connectivity index (χ1n) is 5.94. The molecule has 1 aromatic carbocycles. The van der Waals surface area contributed by atoms with E-state index in [1.807, 2.05) is 30.3 Å². The van der Waals surface area contributed by atoms with Crippen LogP contribution < -0.4 is 0 Å². The van der Waals surface area contributed by atoms with Crippen molar-refractivity contribution < 1.29 is 14.3 Å². The second-order valence-electron chi connectivity index (χ2n) is 4.49. The molecular weight excluding hydrogens is 218 g/mol. The summed E-state index contributed by atoms with van der Waals surface area (Å²) in [4.78, 5) is 13.5. The van der Waals surface area contributed by atoms with Gasteiger partial charge in [-0.05, 0) is 12.0 Å². The molecule has 17 heavy (non-hydrogen) atoms. The molecule has 4 nitrogen and oxygen atoms in total. The van der Waals surface area contributed by atoms with E-state index in [1.165, 1.54) is 0 Å². The van der Waals surface area contributed by atoms with Gasteiger partial charge in [0.15, 0.2) is 0 Å². The SMILES string of the molecule is O=C(OCc1ccccc1)N1CC[C@H]2O[C@@H]2C1. The molecule has 0 radical (unpaired) electrons. The molecular formula is C13H15NO3. The second kappa shape index (κ2) is 4.37. The predicted octanol–water partition coefficient (Wildman–Crippen LogP) is 1.80. The Bertz CT molecular complexity index is 406. The van der Waals surface area contributed by atoms with Crippen molar-refractivity contribution in [2.45, 2.75) is 25.2 Å². The molecule has 2 heterocycles. The summed E-state index contributed by atoms with van der Waals surface area (Å²) in [5.41, 5.74) is 1.01. The normalized spacial score (nSPS) is 26.2. The largest absolute Gasteiger partial charge is 0.445 e. The molecule has 2 aliphatic heterocycles. The van der Waals surface area contributed by atoms with Crippen LogP contribution in [-0.2, 0) is 16.1 Å². The molecule has 2 atom stereocenters. The van der Waals surface area contributed by atoms with Crippen molar-refractivity contribution in [3.05, 3.63) is 35.9 Å². The molecule has 1 amide bonds. The molecule has 90 valence electrons. The second-order valence-corrected chi connectivity index (χ2v) is 4.49. The van der Waals surface area contributed by atoms with Crippen LogP contribution in [0.3, 0.4) is 0 Å². The third kappa shape index (κ3) is 2.42. The summed E-state index contributed by atoms with van der Waals surface area (Å²) in [6, 6.07) is 9.72. The van der Waals surface area contributed by atoms with Crippen molar-refractivity contribution >= 4 is 6.09 Å². The first kappa shape index (κ1) is 10.6. The van der Waals surface area contributed by atoms with E-state index in [4.69, 9.17) is 9.47 Å². The lowest BCUT2D eigenvalue weighted by atomic mass is 10.1. The average molecular weight is 233 g/mol. The minimum absolute atomic E-state index is 0.234. The fraction of sp³-hybridized carbons (Fsp3) is 0.462. The highest BCUT2D eigenvalue weighted by molar-refractivity contribution is 5.68. The summed E-state index contributed by atoms with van der Waals surface area (Å²) in [5, 5.41) is 0. The number of ether oxygens (including phenoxy) is 2. The summed E-state index contributed by atoms with van der Waals surface area (Å²) in [6.07, 6.45) is 1.36. The van der Waals surface area contributed by atoms with Crippen molar-refractivity contribution in [2.75, 3.05) is 13.1 Å². The van der Waals surface area contributed by atoms with E-state index in [2.05, 4.69) is 0 Å². The Morgan fingerprint density at radius 2 is 2.18 bits per heavy atom. The summed E-state index contributed by atoms with van der Waals surface area (Å²) >= 11 is 0. The number of benzene rings is 1. The zero-order valence-corrected chi connectivity index (χ0v) is 9.54. The van der Waals surface area contributed by atoms with Gasteiger partial charge < -0.3 is 14.4 Å². The Labute approximate surface area is 100 Å². The molecule has 2 fully saturated rings. The third-order valence-electron chi connectivity index (χ3n) is 3.23. The molecule has 0 aromatic heterocycles. The van der Waals surface area contributed by atoms with E-state index in [9.17, 15) is 4.79 Å². The molecule has 0 unspecified atom stereocenters. The number of fused-ring (bicyclic) bond motifs is 1. The van der Waals surface area contributed by atoms with Gasteiger partial charge in [-0.25, -0.2) is 4.79 Å². The van der Waals surface area contributed by atoms with Gasteiger partial charge in [0.25, 0.3) is 0 Å². The van der Waals surface area contributed by atoms with E-state index >= 15 is 0 Å².